The van der Waals surface area contributed by atoms with Gasteiger partial charge in [-0.05, 0) is 56.5 Å². The number of methoxy groups -OCH3 is 1. The van der Waals surface area contributed by atoms with E-state index in [0.29, 0.717) is 23.3 Å². The first-order valence-corrected chi connectivity index (χ1v) is 9.74. The van der Waals surface area contributed by atoms with E-state index >= 15 is 0 Å². The molecule has 7 heteroatoms. The Morgan fingerprint density at radius 2 is 1.80 bits per heavy atom. The van der Waals surface area contributed by atoms with Crippen molar-refractivity contribution in [2.45, 2.75) is 52.0 Å². The number of aryl methyl sites for hydroxylation is 1. The van der Waals surface area contributed by atoms with Crippen LogP contribution < -0.4 is 10.1 Å². The number of hydrogen-bond donors (Lipinski definition) is 2. The predicted octanol–water partition coefficient (Wildman–Crippen LogP) is 2.99. The van der Waals surface area contributed by atoms with E-state index in [2.05, 4.69) is 10.3 Å². The molecule has 2 rings (SSSR count). The second-order valence-electron chi connectivity index (χ2n) is 8.19. The SMILES string of the molecule is COc1ccc(CCC(=O)O)cc1CC(=O)Cc1ccnc(C(=O)NC(C)(C)C)c1. The average molecular weight is 412 g/mol. The summed E-state index contributed by atoms with van der Waals surface area (Å²) < 4.78 is 5.34. The van der Waals surface area contributed by atoms with Crippen molar-refractivity contribution in [3.63, 3.8) is 0 Å². The number of carboxylic acids is 1. The number of carbonyl (C=O) groups is 3. The summed E-state index contributed by atoms with van der Waals surface area (Å²) in [6.45, 7) is 5.66. The highest BCUT2D eigenvalue weighted by Crippen LogP contribution is 2.22. The minimum Gasteiger partial charge on any atom is -0.496 e. The van der Waals surface area contributed by atoms with E-state index in [-0.39, 0.29) is 42.2 Å². The summed E-state index contributed by atoms with van der Waals surface area (Å²) >= 11 is 0. The van der Waals surface area contributed by atoms with Crippen LogP contribution in [0.15, 0.2) is 36.5 Å². The van der Waals surface area contributed by atoms with Gasteiger partial charge in [-0.15, -0.1) is 0 Å². The quantitative estimate of drug-likeness (QED) is 0.656. The second kappa shape index (κ2) is 10.0. The molecule has 0 unspecified atom stereocenters. The molecule has 0 aliphatic carbocycles. The molecule has 0 bridgehead atoms. The molecule has 0 atom stereocenters. The van der Waals surface area contributed by atoms with Crippen molar-refractivity contribution in [2.75, 3.05) is 7.11 Å². The number of rotatable bonds is 9. The van der Waals surface area contributed by atoms with Crippen molar-refractivity contribution in [3.05, 3.63) is 58.9 Å². The third-order valence-corrected chi connectivity index (χ3v) is 4.31. The molecule has 0 saturated carbocycles. The van der Waals surface area contributed by atoms with Crippen LogP contribution in [0.3, 0.4) is 0 Å². The van der Waals surface area contributed by atoms with Crippen molar-refractivity contribution < 1.29 is 24.2 Å². The first kappa shape index (κ1) is 23.1. The van der Waals surface area contributed by atoms with E-state index in [1.165, 1.54) is 13.3 Å². The Bertz CT molecular complexity index is 931. The number of Topliss-reactive ketones (excluding diaryl/α,β-unsaturated/α-hetero) is 1. The number of nitrogens with one attached hydrogen (secondary N) is 1. The summed E-state index contributed by atoms with van der Waals surface area (Å²) in [4.78, 5) is 39.9. The summed E-state index contributed by atoms with van der Waals surface area (Å²) in [5.74, 6) is -0.614. The molecular formula is C23H28N2O5. The van der Waals surface area contributed by atoms with E-state index in [9.17, 15) is 14.4 Å². The number of carbonyl (C=O) groups excluding carboxylic acids is 2. The summed E-state index contributed by atoms with van der Waals surface area (Å²) in [6, 6.07) is 8.71. The van der Waals surface area contributed by atoms with Crippen LogP contribution in [0.4, 0.5) is 0 Å². The summed E-state index contributed by atoms with van der Waals surface area (Å²) in [6.07, 6.45) is 2.23. The highest BCUT2D eigenvalue weighted by molar-refractivity contribution is 5.93. The number of benzene rings is 1. The van der Waals surface area contributed by atoms with Crippen LogP contribution in [0.2, 0.25) is 0 Å². The lowest BCUT2D eigenvalue weighted by atomic mass is 9.99. The highest BCUT2D eigenvalue weighted by Gasteiger charge is 2.17. The van der Waals surface area contributed by atoms with Gasteiger partial charge >= 0.3 is 5.97 Å². The van der Waals surface area contributed by atoms with E-state index in [1.807, 2.05) is 26.8 Å². The molecule has 7 nitrogen and oxygen atoms in total. The molecule has 0 spiro atoms. The van der Waals surface area contributed by atoms with Gasteiger partial charge in [-0.2, -0.15) is 0 Å². The minimum absolute atomic E-state index is 0.0239. The van der Waals surface area contributed by atoms with Crippen LogP contribution in [-0.2, 0) is 28.9 Å². The molecule has 1 amide bonds. The molecule has 2 N–H and O–H groups in total. The minimum atomic E-state index is -0.868. The molecule has 0 aliphatic heterocycles. The first-order valence-electron chi connectivity index (χ1n) is 9.74. The van der Waals surface area contributed by atoms with E-state index in [1.54, 1.807) is 24.3 Å². The molecule has 0 aliphatic rings. The molecular weight excluding hydrogens is 384 g/mol. The zero-order chi connectivity index (χ0) is 22.3. The van der Waals surface area contributed by atoms with Gasteiger partial charge in [-0.1, -0.05) is 12.1 Å². The Morgan fingerprint density at radius 3 is 2.43 bits per heavy atom. The van der Waals surface area contributed by atoms with Gasteiger partial charge < -0.3 is 15.2 Å². The topological polar surface area (TPSA) is 106 Å². The Hall–Kier alpha value is -3.22. The Labute approximate surface area is 176 Å². The third kappa shape index (κ3) is 7.31. The zero-order valence-electron chi connectivity index (χ0n) is 17.8. The van der Waals surface area contributed by atoms with Gasteiger partial charge in [0.2, 0.25) is 0 Å². The molecule has 0 saturated heterocycles. The predicted molar refractivity (Wildman–Crippen MR) is 113 cm³/mol. The molecule has 0 radical (unpaired) electrons. The Balaban J connectivity index is 2.10. The molecule has 1 heterocycles. The van der Waals surface area contributed by atoms with Gasteiger partial charge in [-0.25, -0.2) is 0 Å². The molecule has 30 heavy (non-hydrogen) atoms. The second-order valence-corrected chi connectivity index (χ2v) is 8.19. The normalized spacial score (nSPS) is 11.1. The van der Waals surface area contributed by atoms with E-state index < -0.39 is 5.97 Å². The summed E-state index contributed by atoms with van der Waals surface area (Å²) in [5.41, 5.74) is 2.14. The fourth-order valence-electron chi connectivity index (χ4n) is 2.99. The number of hydrogen-bond acceptors (Lipinski definition) is 5. The molecule has 2 aromatic rings. The fourth-order valence-corrected chi connectivity index (χ4v) is 2.99. The van der Waals surface area contributed by atoms with Crippen molar-refractivity contribution in [1.29, 1.82) is 0 Å². The van der Waals surface area contributed by atoms with E-state index in [0.717, 1.165) is 5.56 Å². The van der Waals surface area contributed by atoms with Crippen LogP contribution in [0.25, 0.3) is 0 Å². The smallest absolute Gasteiger partial charge is 0.303 e. The lowest BCUT2D eigenvalue weighted by molar-refractivity contribution is -0.137. The van der Waals surface area contributed by atoms with Crippen molar-refractivity contribution >= 4 is 17.7 Å². The summed E-state index contributed by atoms with van der Waals surface area (Å²) in [7, 11) is 1.53. The number of ether oxygens (including phenoxy) is 1. The van der Waals surface area contributed by atoms with Crippen LogP contribution in [0, 0.1) is 0 Å². The number of amides is 1. The van der Waals surface area contributed by atoms with E-state index in [4.69, 9.17) is 9.84 Å². The first-order chi connectivity index (χ1) is 14.1. The third-order valence-electron chi connectivity index (χ3n) is 4.31. The maximum atomic E-state index is 12.7. The number of nitrogens with zero attached hydrogens (tertiary/aromatic N) is 1. The highest BCUT2D eigenvalue weighted by atomic mass is 16.5. The average Bonchev–Trinajstić information content (AvgIpc) is 2.65. The standard InChI is InChI=1S/C23H28N2O5/c1-23(2,3)25-22(29)19-13-16(9-10-24-19)12-18(26)14-17-11-15(6-8-21(27)28)5-7-20(17)30-4/h5,7,9-11,13H,6,8,12,14H2,1-4H3,(H,25,29)(H,27,28). The van der Waals surface area contributed by atoms with Gasteiger partial charge in [0.1, 0.15) is 17.2 Å². The van der Waals surface area contributed by atoms with Crippen molar-refractivity contribution in [2.24, 2.45) is 0 Å². The maximum Gasteiger partial charge on any atom is 0.303 e. The number of carboxylic acid groups (broad SMARTS) is 1. The summed E-state index contributed by atoms with van der Waals surface area (Å²) in [5, 5.41) is 11.7. The number of ketones is 1. The van der Waals surface area contributed by atoms with Gasteiger partial charge in [0.25, 0.3) is 5.91 Å². The van der Waals surface area contributed by atoms with Crippen LogP contribution in [-0.4, -0.2) is 40.4 Å². The fraction of sp³-hybridized carbons (Fsp3) is 0.391. The zero-order valence-corrected chi connectivity index (χ0v) is 17.8. The molecule has 1 aromatic heterocycles. The lowest BCUT2D eigenvalue weighted by Gasteiger charge is -2.20. The Kier molecular flexibility index (Phi) is 7.69. The van der Waals surface area contributed by atoms with Crippen LogP contribution in [0.1, 0.15) is 54.4 Å². The number of pyridine rings is 1. The Morgan fingerprint density at radius 1 is 1.07 bits per heavy atom. The number of aromatic nitrogens is 1. The van der Waals surface area contributed by atoms with Gasteiger partial charge in [0.05, 0.1) is 7.11 Å². The monoisotopic (exact) mass is 412 g/mol. The van der Waals surface area contributed by atoms with Crippen LogP contribution >= 0.6 is 0 Å². The van der Waals surface area contributed by atoms with Crippen molar-refractivity contribution in [3.8, 4) is 5.75 Å². The molecule has 160 valence electrons. The largest absolute Gasteiger partial charge is 0.496 e. The van der Waals surface area contributed by atoms with Gasteiger partial charge in [0.15, 0.2) is 0 Å². The maximum absolute atomic E-state index is 12.7. The van der Waals surface area contributed by atoms with Gasteiger partial charge in [-0.3, -0.25) is 19.4 Å². The van der Waals surface area contributed by atoms with Crippen molar-refractivity contribution in [1.82, 2.24) is 10.3 Å². The van der Waals surface area contributed by atoms with Gasteiger partial charge in [0, 0.05) is 36.6 Å². The molecule has 1 aromatic carbocycles. The number of aliphatic carboxylic acids is 1. The van der Waals surface area contributed by atoms with Crippen LogP contribution in [0.5, 0.6) is 5.75 Å². The lowest BCUT2D eigenvalue weighted by Crippen LogP contribution is -2.40. The molecule has 0 fully saturated rings.